The Bertz CT molecular complexity index is 1380. The number of carbonyl (C=O) groups is 3. The second kappa shape index (κ2) is 11.5. The number of amides is 3. The maximum Gasteiger partial charge on any atom is 0.335 e. The minimum atomic E-state index is -1.00. The summed E-state index contributed by atoms with van der Waals surface area (Å²) in [6.45, 7) is 4.55. The molecule has 1 saturated heterocycles. The fourth-order valence-electron chi connectivity index (χ4n) is 3.78. The lowest BCUT2D eigenvalue weighted by molar-refractivity contribution is -0.123. The van der Waals surface area contributed by atoms with Gasteiger partial charge in [-0.15, -0.1) is 0 Å². The first kappa shape index (κ1) is 26.2. The summed E-state index contributed by atoms with van der Waals surface area (Å²) >= 11 is 2.12. The summed E-state index contributed by atoms with van der Waals surface area (Å²) in [7, 11) is 0. The van der Waals surface area contributed by atoms with Crippen LogP contribution in [-0.2, 0) is 17.9 Å². The van der Waals surface area contributed by atoms with Crippen LogP contribution in [0.25, 0.3) is 6.08 Å². The fourth-order valence-corrected chi connectivity index (χ4v) is 4.56. The monoisotopic (exact) mass is 612 g/mol. The Morgan fingerprint density at radius 1 is 1.05 bits per heavy atom. The third kappa shape index (κ3) is 6.29. The van der Waals surface area contributed by atoms with E-state index in [9.17, 15) is 19.5 Å². The second-order valence-corrected chi connectivity index (χ2v) is 9.58. The van der Waals surface area contributed by atoms with Crippen LogP contribution in [0.15, 0.2) is 66.4 Å². The van der Waals surface area contributed by atoms with Gasteiger partial charge >= 0.3 is 12.0 Å². The van der Waals surface area contributed by atoms with E-state index in [-0.39, 0.29) is 24.4 Å². The number of carbonyl (C=O) groups excluding carboxylic acids is 2. The Kier molecular flexibility index (Phi) is 8.12. The molecule has 1 aliphatic rings. The van der Waals surface area contributed by atoms with E-state index in [0.717, 1.165) is 14.7 Å². The molecule has 0 atom stereocenters. The molecule has 0 bridgehead atoms. The fraction of sp³-hybridized carbons (Fsp3) is 0.179. The minimum Gasteiger partial charge on any atom is -0.490 e. The van der Waals surface area contributed by atoms with Crippen molar-refractivity contribution in [2.45, 2.75) is 27.0 Å². The number of ether oxygens (including phenoxy) is 2. The summed E-state index contributed by atoms with van der Waals surface area (Å²) in [4.78, 5) is 37.9. The number of carboxylic acids is 1. The lowest BCUT2D eigenvalue weighted by atomic mass is 10.1. The van der Waals surface area contributed by atoms with E-state index in [1.54, 1.807) is 30.3 Å². The molecule has 190 valence electrons. The summed E-state index contributed by atoms with van der Waals surface area (Å²) in [5.74, 6) is -0.427. The maximum atomic E-state index is 13.0. The van der Waals surface area contributed by atoms with Gasteiger partial charge in [0, 0.05) is 0 Å². The van der Waals surface area contributed by atoms with Crippen molar-refractivity contribution in [3.05, 3.63) is 97.7 Å². The van der Waals surface area contributed by atoms with Crippen LogP contribution in [0.4, 0.5) is 4.79 Å². The number of nitrogens with one attached hydrogen (secondary N) is 1. The molecule has 8 nitrogen and oxygen atoms in total. The molecule has 0 aliphatic carbocycles. The number of carboxylic acid groups (broad SMARTS) is 1. The number of benzene rings is 3. The average molecular weight is 612 g/mol. The molecule has 2 N–H and O–H groups in total. The first-order valence-corrected chi connectivity index (χ1v) is 12.6. The highest BCUT2D eigenvalue weighted by molar-refractivity contribution is 14.1. The Labute approximate surface area is 228 Å². The third-order valence-electron chi connectivity index (χ3n) is 5.62. The molecule has 0 radical (unpaired) electrons. The zero-order valence-electron chi connectivity index (χ0n) is 20.3. The van der Waals surface area contributed by atoms with Gasteiger partial charge in [0.05, 0.1) is 22.3 Å². The van der Waals surface area contributed by atoms with Gasteiger partial charge in [0.25, 0.3) is 5.91 Å². The van der Waals surface area contributed by atoms with Crippen LogP contribution in [0, 0.1) is 10.5 Å². The van der Waals surface area contributed by atoms with Gasteiger partial charge < -0.3 is 19.9 Å². The van der Waals surface area contributed by atoms with Crippen molar-refractivity contribution in [1.82, 2.24) is 10.2 Å². The van der Waals surface area contributed by atoms with E-state index >= 15 is 0 Å². The Balaban J connectivity index is 1.54. The van der Waals surface area contributed by atoms with Crippen LogP contribution >= 0.6 is 22.6 Å². The van der Waals surface area contributed by atoms with Crippen molar-refractivity contribution >= 4 is 46.6 Å². The number of hydrogen-bond donors (Lipinski definition) is 2. The molecule has 3 aromatic carbocycles. The molecule has 1 fully saturated rings. The van der Waals surface area contributed by atoms with E-state index < -0.39 is 17.9 Å². The number of urea groups is 1. The van der Waals surface area contributed by atoms with Crippen molar-refractivity contribution in [3.8, 4) is 11.5 Å². The molecule has 0 spiro atoms. The summed E-state index contributed by atoms with van der Waals surface area (Å²) in [6.07, 6.45) is 1.61. The molecular formula is C28H25IN2O6. The summed E-state index contributed by atoms with van der Waals surface area (Å²) in [6, 6.07) is 17.3. The van der Waals surface area contributed by atoms with Crippen molar-refractivity contribution < 1.29 is 29.0 Å². The molecule has 9 heteroatoms. The number of nitrogens with zero attached hydrogens (tertiary/aromatic N) is 1. The third-order valence-corrected chi connectivity index (χ3v) is 6.42. The highest BCUT2D eigenvalue weighted by Gasteiger charge is 2.33. The molecule has 37 heavy (non-hydrogen) atoms. The molecule has 3 amide bonds. The molecule has 1 heterocycles. The SMILES string of the molecule is CCOc1cc(/C=C2/NC(=O)N(Cc3ccc(C)cc3)C2=O)cc(I)c1OCc1cccc(C(=O)O)c1. The van der Waals surface area contributed by atoms with Gasteiger partial charge in [-0.2, -0.15) is 0 Å². The van der Waals surface area contributed by atoms with Gasteiger partial charge in [-0.3, -0.25) is 9.69 Å². The van der Waals surface area contributed by atoms with E-state index in [0.29, 0.717) is 29.2 Å². The zero-order valence-corrected chi connectivity index (χ0v) is 22.4. The van der Waals surface area contributed by atoms with Crippen LogP contribution in [0.3, 0.4) is 0 Å². The van der Waals surface area contributed by atoms with Gasteiger partial charge in [0.2, 0.25) is 0 Å². The molecule has 0 saturated carbocycles. The molecule has 0 aromatic heterocycles. The molecule has 3 aromatic rings. The first-order valence-electron chi connectivity index (χ1n) is 11.6. The average Bonchev–Trinajstić information content (AvgIpc) is 3.12. The lowest BCUT2D eigenvalue weighted by Gasteiger charge is -2.15. The van der Waals surface area contributed by atoms with E-state index in [1.165, 1.54) is 11.0 Å². The number of imide groups is 1. The largest absolute Gasteiger partial charge is 0.490 e. The van der Waals surface area contributed by atoms with Gasteiger partial charge in [-0.25, -0.2) is 9.59 Å². The lowest BCUT2D eigenvalue weighted by Crippen LogP contribution is -2.30. The molecule has 4 rings (SSSR count). The van der Waals surface area contributed by atoms with Crippen molar-refractivity contribution in [2.24, 2.45) is 0 Å². The normalized spacial score (nSPS) is 14.1. The van der Waals surface area contributed by atoms with Crippen LogP contribution in [-0.4, -0.2) is 34.5 Å². The highest BCUT2D eigenvalue weighted by Crippen LogP contribution is 2.36. The molecule has 1 aliphatic heterocycles. The number of aromatic carboxylic acids is 1. The quantitative estimate of drug-likeness (QED) is 0.191. The number of rotatable bonds is 9. The van der Waals surface area contributed by atoms with E-state index in [4.69, 9.17) is 9.47 Å². The number of aryl methyl sites for hydroxylation is 1. The molecule has 0 unspecified atom stereocenters. The second-order valence-electron chi connectivity index (χ2n) is 8.42. The number of halogens is 1. The standard InChI is InChI=1S/C28H25IN2O6/c1-3-36-24-14-20(12-22(29)25(24)37-16-19-5-4-6-21(11-19)27(33)34)13-23-26(32)31(28(35)30-23)15-18-9-7-17(2)8-10-18/h4-14H,3,15-16H2,1-2H3,(H,30,35)(H,33,34)/b23-13+. The van der Waals surface area contributed by atoms with Crippen LogP contribution in [0.1, 0.15) is 39.5 Å². The van der Waals surface area contributed by atoms with Crippen molar-refractivity contribution in [1.29, 1.82) is 0 Å². The van der Waals surface area contributed by atoms with Crippen molar-refractivity contribution in [2.75, 3.05) is 6.61 Å². The highest BCUT2D eigenvalue weighted by atomic mass is 127. The summed E-state index contributed by atoms with van der Waals surface area (Å²) < 4.78 is 12.5. The van der Waals surface area contributed by atoms with Crippen LogP contribution < -0.4 is 14.8 Å². The minimum absolute atomic E-state index is 0.153. The smallest absolute Gasteiger partial charge is 0.335 e. The van der Waals surface area contributed by atoms with Gasteiger partial charge in [0.1, 0.15) is 12.3 Å². The topological polar surface area (TPSA) is 105 Å². The Morgan fingerprint density at radius 3 is 2.51 bits per heavy atom. The maximum absolute atomic E-state index is 13.0. The van der Waals surface area contributed by atoms with Crippen molar-refractivity contribution in [3.63, 3.8) is 0 Å². The first-order chi connectivity index (χ1) is 17.7. The van der Waals surface area contributed by atoms with Crippen LogP contribution in [0.2, 0.25) is 0 Å². The zero-order chi connectivity index (χ0) is 26.5. The Hall–Kier alpha value is -3.86. The van der Waals surface area contributed by atoms with E-state index in [1.807, 2.05) is 44.2 Å². The van der Waals surface area contributed by atoms with Crippen LogP contribution in [0.5, 0.6) is 11.5 Å². The summed E-state index contributed by atoms with van der Waals surface area (Å²) in [5.41, 5.74) is 3.68. The molecular weight excluding hydrogens is 587 g/mol. The Morgan fingerprint density at radius 2 is 1.81 bits per heavy atom. The number of hydrogen-bond acceptors (Lipinski definition) is 5. The van der Waals surface area contributed by atoms with Gasteiger partial charge in [-0.1, -0.05) is 42.0 Å². The van der Waals surface area contributed by atoms with E-state index in [2.05, 4.69) is 27.9 Å². The predicted octanol–water partition coefficient (Wildman–Crippen LogP) is 5.37. The summed E-state index contributed by atoms with van der Waals surface area (Å²) in [5, 5.41) is 11.9. The predicted molar refractivity (Wildman–Crippen MR) is 146 cm³/mol. The van der Waals surface area contributed by atoms with Gasteiger partial charge in [-0.05, 0) is 83.5 Å². The van der Waals surface area contributed by atoms with Gasteiger partial charge in [0.15, 0.2) is 11.5 Å².